The van der Waals surface area contributed by atoms with Gasteiger partial charge in [0.1, 0.15) is 20.2 Å². The van der Waals surface area contributed by atoms with Gasteiger partial charge >= 0.3 is 14.2 Å². The molecule has 0 aliphatic heterocycles. The topological polar surface area (TPSA) is 171 Å². The van der Waals surface area contributed by atoms with Crippen LogP contribution in [0.5, 0.6) is 0 Å². The van der Waals surface area contributed by atoms with Crippen LogP contribution in [0, 0.1) is 10.8 Å². The highest BCUT2D eigenvalue weighted by atomic mass is 32.2. The lowest BCUT2D eigenvalue weighted by molar-refractivity contribution is 0.460. The van der Waals surface area contributed by atoms with Crippen molar-refractivity contribution >= 4 is 43.8 Å². The second kappa shape index (κ2) is 6.99. The molecule has 10 nitrogen and oxygen atoms in total. The maximum absolute atomic E-state index is 11.3. The van der Waals surface area contributed by atoms with Gasteiger partial charge in [-0.15, -0.1) is 0 Å². The van der Waals surface area contributed by atoms with E-state index in [4.69, 9.17) is 10.8 Å². The lowest BCUT2D eigenvalue weighted by atomic mass is 10.1. The molecule has 0 radical (unpaired) electrons. The van der Waals surface area contributed by atoms with Crippen molar-refractivity contribution in [2.75, 3.05) is 0 Å². The van der Waals surface area contributed by atoms with Gasteiger partial charge in [0.15, 0.2) is 9.95 Å². The van der Waals surface area contributed by atoms with Gasteiger partial charge in [0.05, 0.1) is 21.9 Å². The highest BCUT2D eigenvalue weighted by molar-refractivity contribution is 7.86. The first-order valence-corrected chi connectivity index (χ1v) is 9.46. The molecule has 0 heterocycles. The van der Waals surface area contributed by atoms with Crippen molar-refractivity contribution in [1.29, 1.82) is 10.8 Å². The Labute approximate surface area is 151 Å². The molecular weight excluding hydrogens is 384 g/mol. The van der Waals surface area contributed by atoms with Gasteiger partial charge in [-0.25, -0.2) is 16.8 Å². The van der Waals surface area contributed by atoms with Crippen molar-refractivity contribution in [2.45, 2.75) is 9.79 Å². The summed E-state index contributed by atoms with van der Waals surface area (Å²) in [7, 11) is -9.84. The average molecular weight is 394 g/mol. The predicted molar refractivity (Wildman–Crippen MR) is 89.5 cm³/mol. The van der Waals surface area contributed by atoms with Crippen LogP contribution < -0.4 is 0 Å². The first kappa shape index (κ1) is 19.2. The minimum atomic E-state index is -4.92. The molecule has 0 aliphatic rings. The number of diazo groups is 2. The van der Waals surface area contributed by atoms with E-state index in [1.54, 1.807) is 0 Å². The molecule has 0 saturated heterocycles. The summed E-state index contributed by atoms with van der Waals surface area (Å²) in [5.41, 5.74) is -0.572. The molecule has 0 N–H and O–H groups in total. The van der Waals surface area contributed by atoms with Crippen LogP contribution in [0.4, 0.5) is 11.4 Å². The van der Waals surface area contributed by atoms with Gasteiger partial charge in [0.2, 0.25) is 10.8 Å². The van der Waals surface area contributed by atoms with Crippen molar-refractivity contribution in [2.24, 2.45) is 0 Å². The summed E-state index contributed by atoms with van der Waals surface area (Å²) in [5, 5.41) is 17.4. The van der Waals surface area contributed by atoms with E-state index in [1.165, 1.54) is 24.3 Å². The average Bonchev–Trinajstić information content (AvgIpc) is 2.58. The normalized spacial score (nSPS) is 11.8. The molecule has 0 unspecified atom stereocenters. The van der Waals surface area contributed by atoms with Crippen LogP contribution >= 0.6 is 0 Å². The van der Waals surface area contributed by atoms with Crippen LogP contribution in [0.2, 0.25) is 0 Å². The van der Waals surface area contributed by atoms with E-state index in [0.29, 0.717) is 0 Å². The monoisotopic (exact) mass is 394 g/mol. The van der Waals surface area contributed by atoms with Crippen molar-refractivity contribution in [3.63, 3.8) is 0 Å². The maximum atomic E-state index is 11.3. The van der Waals surface area contributed by atoms with Crippen molar-refractivity contribution in [3.8, 4) is 0 Å². The molecule has 0 bridgehead atoms. The third-order valence-corrected chi connectivity index (χ3v) is 4.99. The van der Waals surface area contributed by atoms with Crippen LogP contribution in [-0.4, -0.2) is 25.9 Å². The molecule has 0 atom stereocenters. The zero-order valence-corrected chi connectivity index (χ0v) is 14.3. The standard InChI is InChI=1S/C14H8N4O6S2/c15-17-11-5-3-9(13(7-11)25(19,20)21)1-2-10-4-6-12(18-16)8-14(10)26(22,23)24/h1-8H/p+2/b2-1+. The van der Waals surface area contributed by atoms with E-state index in [2.05, 4.69) is 9.95 Å². The fourth-order valence-corrected chi connectivity index (χ4v) is 3.44. The van der Waals surface area contributed by atoms with Gasteiger partial charge in [-0.1, -0.05) is 12.2 Å². The summed E-state index contributed by atoms with van der Waals surface area (Å²) in [6.07, 6.45) is 2.21. The molecule has 0 fully saturated rings. The fraction of sp³-hybridized carbons (Fsp3) is 0. The molecule has 12 heteroatoms. The summed E-state index contributed by atoms with van der Waals surface area (Å²) >= 11 is 0. The van der Waals surface area contributed by atoms with Gasteiger partial charge in [-0.05, 0) is 23.3 Å². The molecule has 2 aromatic rings. The Hall–Kier alpha value is -3.16. The summed E-state index contributed by atoms with van der Waals surface area (Å²) in [4.78, 5) is 4.18. The fourth-order valence-electron chi connectivity index (χ4n) is 2.06. The Morgan fingerprint density at radius 3 is 1.38 bits per heavy atom. The van der Waals surface area contributed by atoms with E-state index >= 15 is 0 Å². The molecule has 0 aromatic heterocycles. The van der Waals surface area contributed by atoms with E-state index < -0.39 is 30.0 Å². The van der Waals surface area contributed by atoms with E-state index in [0.717, 1.165) is 24.3 Å². The Balaban J connectivity index is 0.00000364. The van der Waals surface area contributed by atoms with Gasteiger partial charge in [-0.3, -0.25) is 0 Å². The van der Waals surface area contributed by atoms with Crippen molar-refractivity contribution in [1.82, 2.24) is 0 Å². The Morgan fingerprint density at radius 2 is 1.12 bits per heavy atom. The van der Waals surface area contributed by atoms with Crippen LogP contribution in [-0.2, 0) is 20.2 Å². The van der Waals surface area contributed by atoms with Crippen LogP contribution in [0.1, 0.15) is 14.0 Å². The third kappa shape index (κ3) is 4.27. The summed E-state index contributed by atoms with van der Waals surface area (Å²) in [6.45, 7) is 0. The number of hydrogen-bond acceptors (Lipinski definition) is 8. The minimum absolute atomic E-state index is 0. The highest BCUT2D eigenvalue weighted by Crippen LogP contribution is 2.27. The molecule has 132 valence electrons. The number of rotatable bonds is 4. The Kier molecular flexibility index (Phi) is 5.15. The second-order valence-electron chi connectivity index (χ2n) is 4.89. The smallest absolute Gasteiger partial charge is 0.744 e. The van der Waals surface area contributed by atoms with Gasteiger partial charge in [0, 0.05) is 12.1 Å². The summed E-state index contributed by atoms with van der Waals surface area (Å²) in [6, 6.07) is 6.43. The number of benzene rings is 2. The molecule has 0 spiro atoms. The molecule has 26 heavy (non-hydrogen) atoms. The molecule has 0 aliphatic carbocycles. The van der Waals surface area contributed by atoms with Gasteiger partial charge in [-0.2, -0.15) is 0 Å². The van der Waals surface area contributed by atoms with Crippen LogP contribution in [0.25, 0.3) is 22.1 Å². The summed E-state index contributed by atoms with van der Waals surface area (Å²) < 4.78 is 68.1. The second-order valence-corrected chi connectivity index (χ2v) is 7.58. The van der Waals surface area contributed by atoms with E-state index in [-0.39, 0.29) is 25.4 Å². The van der Waals surface area contributed by atoms with Crippen molar-refractivity contribution < 1.29 is 28.8 Å². The molecule has 0 amide bonds. The largest absolute Gasteiger partial charge is 1.00 e. The van der Waals surface area contributed by atoms with Crippen molar-refractivity contribution in [3.05, 3.63) is 57.5 Å². The Morgan fingerprint density at radius 1 is 0.769 bits per heavy atom. The molecule has 2 rings (SSSR count). The van der Waals surface area contributed by atoms with Gasteiger partial charge < -0.3 is 9.11 Å². The van der Waals surface area contributed by atoms with Crippen LogP contribution in [0.15, 0.2) is 46.2 Å². The molecule has 0 saturated carbocycles. The number of hydrogen-bond donors (Lipinski definition) is 0. The lowest BCUT2D eigenvalue weighted by Gasteiger charge is -2.10. The minimum Gasteiger partial charge on any atom is -0.744 e. The van der Waals surface area contributed by atoms with E-state index in [1.807, 2.05) is 0 Å². The molecular formula is C14H10N4O6S2+2. The van der Waals surface area contributed by atoms with Gasteiger partial charge in [0.25, 0.3) is 0 Å². The highest BCUT2D eigenvalue weighted by Gasteiger charge is 2.16. The zero-order valence-electron chi connectivity index (χ0n) is 14.7. The number of nitrogens with zero attached hydrogens (tertiary/aromatic N) is 4. The molecule has 2 aromatic carbocycles. The maximum Gasteiger partial charge on any atom is 1.00 e. The van der Waals surface area contributed by atoms with E-state index in [9.17, 15) is 25.9 Å². The first-order chi connectivity index (χ1) is 12.1. The third-order valence-electron chi connectivity index (χ3n) is 3.21. The SMILES string of the molecule is N#[N+]c1ccc(/C=C/c2ccc([N+]#N)cc2S(=O)(=O)[O-])c(S(=O)(=O)[O-])c1.[H+].[H+]. The first-order valence-electron chi connectivity index (χ1n) is 6.64. The zero-order chi connectivity index (χ0) is 19.5. The summed E-state index contributed by atoms with van der Waals surface area (Å²) in [5.74, 6) is 0. The lowest BCUT2D eigenvalue weighted by Crippen LogP contribution is -2.02. The quantitative estimate of drug-likeness (QED) is 0.432. The Bertz CT molecular complexity index is 1120. The van der Waals surface area contributed by atoms with Crippen LogP contribution in [0.3, 0.4) is 0 Å². The predicted octanol–water partition coefficient (Wildman–Crippen LogP) is 2.86.